The predicted molar refractivity (Wildman–Crippen MR) is 141 cm³/mol. The third-order valence-electron chi connectivity index (χ3n) is 6.37. The number of amides is 1. The lowest BCUT2D eigenvalue weighted by Gasteiger charge is -2.26. The zero-order valence-corrected chi connectivity index (χ0v) is 21.5. The van der Waals surface area contributed by atoms with E-state index in [2.05, 4.69) is 29.4 Å². The summed E-state index contributed by atoms with van der Waals surface area (Å²) in [5.41, 5.74) is 2.29. The van der Waals surface area contributed by atoms with Crippen LogP contribution in [0.15, 0.2) is 53.9 Å². The lowest BCUT2D eigenvalue weighted by atomic mass is 9.82. The number of carbonyl (C=O) groups is 1. The van der Waals surface area contributed by atoms with Crippen LogP contribution in [0.5, 0.6) is 11.5 Å². The molecule has 0 aliphatic carbocycles. The van der Waals surface area contributed by atoms with E-state index in [9.17, 15) is 4.79 Å². The van der Waals surface area contributed by atoms with Crippen LogP contribution in [-0.2, 0) is 5.41 Å². The molecule has 2 aromatic carbocycles. The maximum Gasteiger partial charge on any atom is 0.257 e. The third kappa shape index (κ3) is 6.60. The highest BCUT2D eigenvalue weighted by molar-refractivity contribution is 7.14. The summed E-state index contributed by atoms with van der Waals surface area (Å²) in [5.74, 6) is 1.33. The highest BCUT2D eigenvalue weighted by Gasteiger charge is 2.26. The van der Waals surface area contributed by atoms with Crippen LogP contribution in [0.1, 0.15) is 41.9 Å². The maximum absolute atomic E-state index is 12.9. The SMILES string of the molecule is COc1ccc(C(C)(C)c2csc(NC(=O)c3cccc(OCCCN4CCNCC4)c3)n2)cc1. The fourth-order valence-corrected chi connectivity index (χ4v) is 4.96. The molecule has 0 unspecified atom stereocenters. The van der Waals surface area contributed by atoms with Gasteiger partial charge in [0.15, 0.2) is 5.13 Å². The van der Waals surface area contributed by atoms with Crippen LogP contribution in [0.25, 0.3) is 0 Å². The van der Waals surface area contributed by atoms with Gasteiger partial charge in [-0.25, -0.2) is 4.98 Å². The number of hydrogen-bond donors (Lipinski definition) is 2. The second-order valence-electron chi connectivity index (χ2n) is 9.17. The summed E-state index contributed by atoms with van der Waals surface area (Å²) in [6.07, 6.45) is 0.961. The molecule has 7 nitrogen and oxygen atoms in total. The first kappa shape index (κ1) is 25.2. The van der Waals surface area contributed by atoms with Crippen LogP contribution >= 0.6 is 11.3 Å². The molecule has 186 valence electrons. The van der Waals surface area contributed by atoms with E-state index >= 15 is 0 Å². The second-order valence-corrected chi connectivity index (χ2v) is 10.0. The van der Waals surface area contributed by atoms with E-state index in [1.54, 1.807) is 19.2 Å². The number of piperazine rings is 1. The van der Waals surface area contributed by atoms with Crippen molar-refractivity contribution in [3.63, 3.8) is 0 Å². The van der Waals surface area contributed by atoms with Gasteiger partial charge in [-0.1, -0.05) is 32.0 Å². The molecule has 0 bridgehead atoms. The van der Waals surface area contributed by atoms with Gasteiger partial charge in [-0.15, -0.1) is 11.3 Å². The zero-order chi connectivity index (χ0) is 24.7. The Bertz CT molecular complexity index is 1110. The summed E-state index contributed by atoms with van der Waals surface area (Å²) in [6.45, 7) is 10.2. The summed E-state index contributed by atoms with van der Waals surface area (Å²) in [7, 11) is 1.66. The number of rotatable bonds is 10. The second kappa shape index (κ2) is 11.7. The lowest BCUT2D eigenvalue weighted by Crippen LogP contribution is -2.43. The molecule has 8 heteroatoms. The Kier molecular flexibility index (Phi) is 8.38. The maximum atomic E-state index is 12.9. The van der Waals surface area contributed by atoms with Crippen molar-refractivity contribution in [2.75, 3.05) is 51.8 Å². The molecule has 3 aromatic rings. The molecule has 1 saturated heterocycles. The van der Waals surface area contributed by atoms with E-state index in [4.69, 9.17) is 14.5 Å². The normalized spacial score (nSPS) is 14.5. The molecular weight excluding hydrogens is 460 g/mol. The molecule has 1 aromatic heterocycles. The van der Waals surface area contributed by atoms with Crippen LogP contribution in [0.2, 0.25) is 0 Å². The van der Waals surface area contributed by atoms with E-state index in [0.29, 0.717) is 23.1 Å². The summed E-state index contributed by atoms with van der Waals surface area (Å²) in [4.78, 5) is 20.0. The number of methoxy groups -OCH3 is 1. The van der Waals surface area contributed by atoms with Gasteiger partial charge < -0.3 is 19.7 Å². The minimum Gasteiger partial charge on any atom is -0.497 e. The predicted octanol–water partition coefficient (Wildman–Crippen LogP) is 4.40. The number of nitrogens with zero attached hydrogens (tertiary/aromatic N) is 2. The lowest BCUT2D eigenvalue weighted by molar-refractivity contribution is 0.102. The van der Waals surface area contributed by atoms with E-state index < -0.39 is 0 Å². The fraction of sp³-hybridized carbons (Fsp3) is 0.407. The molecular formula is C27H34N4O3S. The number of nitrogens with one attached hydrogen (secondary N) is 2. The fourth-order valence-electron chi connectivity index (χ4n) is 4.08. The first-order chi connectivity index (χ1) is 17.0. The first-order valence-corrected chi connectivity index (χ1v) is 12.9. The Morgan fingerprint density at radius 1 is 1.14 bits per heavy atom. The number of benzene rings is 2. The highest BCUT2D eigenvalue weighted by atomic mass is 32.1. The summed E-state index contributed by atoms with van der Waals surface area (Å²) in [6, 6.07) is 15.3. The smallest absolute Gasteiger partial charge is 0.257 e. The van der Waals surface area contributed by atoms with Crippen LogP contribution < -0.4 is 20.1 Å². The van der Waals surface area contributed by atoms with Crippen LogP contribution in [-0.4, -0.2) is 62.2 Å². The number of hydrogen-bond acceptors (Lipinski definition) is 7. The van der Waals surface area contributed by atoms with Crippen molar-refractivity contribution in [2.45, 2.75) is 25.7 Å². The average molecular weight is 495 g/mol. The molecule has 4 rings (SSSR count). The van der Waals surface area contributed by atoms with Gasteiger partial charge in [0.05, 0.1) is 19.4 Å². The minimum atomic E-state index is -0.301. The molecule has 35 heavy (non-hydrogen) atoms. The van der Waals surface area contributed by atoms with Crippen molar-refractivity contribution in [1.29, 1.82) is 0 Å². The Hall–Kier alpha value is -2.94. The van der Waals surface area contributed by atoms with Crippen LogP contribution in [0.3, 0.4) is 0 Å². The van der Waals surface area contributed by atoms with Gasteiger partial charge in [0.2, 0.25) is 0 Å². The molecule has 1 amide bonds. The van der Waals surface area contributed by atoms with Crippen molar-refractivity contribution >= 4 is 22.4 Å². The molecule has 0 atom stereocenters. The monoisotopic (exact) mass is 494 g/mol. The van der Waals surface area contributed by atoms with Crippen LogP contribution in [0.4, 0.5) is 5.13 Å². The van der Waals surface area contributed by atoms with E-state index in [0.717, 1.165) is 56.2 Å². The molecule has 0 radical (unpaired) electrons. The van der Waals surface area contributed by atoms with Gasteiger partial charge in [-0.05, 0) is 42.3 Å². The quantitative estimate of drug-likeness (QED) is 0.407. The Morgan fingerprint density at radius 2 is 1.91 bits per heavy atom. The van der Waals surface area contributed by atoms with Gasteiger partial charge in [0.25, 0.3) is 5.91 Å². The van der Waals surface area contributed by atoms with Gasteiger partial charge in [-0.2, -0.15) is 0 Å². The Labute approximate surface area is 211 Å². The summed E-state index contributed by atoms with van der Waals surface area (Å²) in [5, 5.41) is 8.88. The average Bonchev–Trinajstić information content (AvgIpc) is 3.37. The summed E-state index contributed by atoms with van der Waals surface area (Å²) < 4.78 is 11.2. The molecule has 1 aliphatic rings. The van der Waals surface area contributed by atoms with Crippen molar-refractivity contribution in [3.05, 3.63) is 70.7 Å². The van der Waals surface area contributed by atoms with Crippen molar-refractivity contribution in [2.24, 2.45) is 0 Å². The number of aromatic nitrogens is 1. The number of carbonyl (C=O) groups excluding carboxylic acids is 1. The third-order valence-corrected chi connectivity index (χ3v) is 7.13. The molecule has 1 fully saturated rings. The topological polar surface area (TPSA) is 75.7 Å². The molecule has 1 aliphatic heterocycles. The Morgan fingerprint density at radius 3 is 2.66 bits per heavy atom. The van der Waals surface area contributed by atoms with E-state index in [-0.39, 0.29) is 11.3 Å². The number of anilines is 1. The number of ether oxygens (including phenoxy) is 2. The molecule has 0 spiro atoms. The van der Waals surface area contributed by atoms with Crippen molar-refractivity contribution in [3.8, 4) is 11.5 Å². The molecule has 2 N–H and O–H groups in total. The number of thiazole rings is 1. The zero-order valence-electron chi connectivity index (χ0n) is 20.7. The van der Waals surface area contributed by atoms with Gasteiger partial charge in [-0.3, -0.25) is 10.1 Å². The van der Waals surface area contributed by atoms with Gasteiger partial charge >= 0.3 is 0 Å². The largest absolute Gasteiger partial charge is 0.497 e. The van der Waals surface area contributed by atoms with E-state index in [1.807, 2.05) is 41.8 Å². The molecule has 2 heterocycles. The van der Waals surface area contributed by atoms with E-state index in [1.165, 1.54) is 11.3 Å². The summed E-state index contributed by atoms with van der Waals surface area (Å²) >= 11 is 1.43. The van der Waals surface area contributed by atoms with Gasteiger partial charge in [0.1, 0.15) is 11.5 Å². The van der Waals surface area contributed by atoms with Crippen molar-refractivity contribution in [1.82, 2.24) is 15.2 Å². The standard InChI is InChI=1S/C27H34N4O3S/c1-27(2,21-8-10-22(33-3)11-9-21)24-19-35-26(29-24)30-25(32)20-6-4-7-23(18-20)34-17-5-14-31-15-12-28-13-16-31/h4,6-11,18-19,28H,5,12-17H2,1-3H3,(H,29,30,32). The van der Waals surface area contributed by atoms with Gasteiger partial charge in [0, 0.05) is 49.1 Å². The van der Waals surface area contributed by atoms with Crippen molar-refractivity contribution < 1.29 is 14.3 Å². The Balaban J connectivity index is 1.32. The minimum absolute atomic E-state index is 0.195. The molecule has 0 saturated carbocycles. The highest BCUT2D eigenvalue weighted by Crippen LogP contribution is 2.34. The first-order valence-electron chi connectivity index (χ1n) is 12.0. The van der Waals surface area contributed by atoms with Crippen LogP contribution in [0, 0.1) is 0 Å².